The first-order valence-corrected chi connectivity index (χ1v) is 9.73. The van der Waals surface area contributed by atoms with Crippen molar-refractivity contribution < 1.29 is 19.7 Å². The van der Waals surface area contributed by atoms with Crippen molar-refractivity contribution in [2.45, 2.75) is 27.2 Å². The SMILES string of the molecule is COc1ccc2c(O)nc3c(C)c(CC(=O)O)c(-c4ccc(C)cc4)c(C)c3c2c1. The topological polar surface area (TPSA) is 79.7 Å². The van der Waals surface area contributed by atoms with Crippen molar-refractivity contribution in [2.75, 3.05) is 7.11 Å². The van der Waals surface area contributed by atoms with E-state index in [1.54, 1.807) is 19.2 Å². The highest BCUT2D eigenvalue weighted by atomic mass is 16.5. The molecule has 0 amide bonds. The molecular formula is C25H23NO4. The van der Waals surface area contributed by atoms with E-state index in [0.717, 1.165) is 38.6 Å². The second kappa shape index (κ2) is 7.34. The molecule has 0 aliphatic rings. The number of nitrogens with zero attached hydrogens (tertiary/aromatic N) is 1. The Labute approximate surface area is 174 Å². The summed E-state index contributed by atoms with van der Waals surface area (Å²) in [5.41, 5.74) is 6.01. The quantitative estimate of drug-likeness (QED) is 0.452. The van der Waals surface area contributed by atoms with E-state index < -0.39 is 5.97 Å². The first-order valence-electron chi connectivity index (χ1n) is 9.73. The second-order valence-corrected chi connectivity index (χ2v) is 7.61. The first kappa shape index (κ1) is 19.7. The maximum Gasteiger partial charge on any atom is 0.307 e. The Bertz CT molecular complexity index is 1310. The highest BCUT2D eigenvalue weighted by Gasteiger charge is 2.22. The molecule has 1 heterocycles. The number of benzene rings is 3. The van der Waals surface area contributed by atoms with Crippen molar-refractivity contribution >= 4 is 27.6 Å². The Kier molecular flexibility index (Phi) is 4.82. The van der Waals surface area contributed by atoms with Crippen LogP contribution in [0.15, 0.2) is 42.5 Å². The van der Waals surface area contributed by atoms with Gasteiger partial charge in [0.05, 0.1) is 19.0 Å². The van der Waals surface area contributed by atoms with Gasteiger partial charge in [-0.05, 0) is 66.8 Å². The number of pyridine rings is 1. The normalized spacial score (nSPS) is 11.2. The molecule has 0 fully saturated rings. The van der Waals surface area contributed by atoms with Gasteiger partial charge in [0.15, 0.2) is 0 Å². The summed E-state index contributed by atoms with van der Waals surface area (Å²) in [4.78, 5) is 16.1. The highest BCUT2D eigenvalue weighted by Crippen LogP contribution is 2.42. The van der Waals surface area contributed by atoms with Crippen molar-refractivity contribution in [1.29, 1.82) is 0 Å². The largest absolute Gasteiger partial charge is 0.497 e. The number of ether oxygens (including phenoxy) is 1. The van der Waals surface area contributed by atoms with E-state index in [9.17, 15) is 15.0 Å². The second-order valence-electron chi connectivity index (χ2n) is 7.61. The molecule has 30 heavy (non-hydrogen) atoms. The van der Waals surface area contributed by atoms with Crippen LogP contribution in [0.4, 0.5) is 0 Å². The third-order valence-corrected chi connectivity index (χ3v) is 5.72. The van der Waals surface area contributed by atoms with Crippen molar-refractivity contribution in [3.63, 3.8) is 0 Å². The van der Waals surface area contributed by atoms with E-state index in [-0.39, 0.29) is 12.3 Å². The van der Waals surface area contributed by atoms with Crippen LogP contribution in [0.1, 0.15) is 22.3 Å². The van der Waals surface area contributed by atoms with Gasteiger partial charge in [0.25, 0.3) is 0 Å². The molecule has 0 atom stereocenters. The van der Waals surface area contributed by atoms with Gasteiger partial charge in [-0.15, -0.1) is 0 Å². The van der Waals surface area contributed by atoms with Crippen LogP contribution in [0, 0.1) is 20.8 Å². The Morgan fingerprint density at radius 3 is 2.33 bits per heavy atom. The number of carboxylic acid groups (broad SMARTS) is 1. The lowest BCUT2D eigenvalue weighted by Crippen LogP contribution is -2.07. The Hall–Kier alpha value is -3.60. The van der Waals surface area contributed by atoms with Crippen LogP contribution in [0.5, 0.6) is 11.6 Å². The van der Waals surface area contributed by atoms with Gasteiger partial charge in [-0.2, -0.15) is 0 Å². The smallest absolute Gasteiger partial charge is 0.307 e. The fraction of sp³-hybridized carbons (Fsp3) is 0.200. The lowest BCUT2D eigenvalue weighted by molar-refractivity contribution is -0.136. The van der Waals surface area contributed by atoms with Crippen LogP contribution in [-0.4, -0.2) is 28.3 Å². The maximum atomic E-state index is 11.7. The van der Waals surface area contributed by atoms with Crippen molar-refractivity contribution in [3.05, 3.63) is 64.7 Å². The Morgan fingerprint density at radius 2 is 1.70 bits per heavy atom. The Balaban J connectivity index is 2.21. The fourth-order valence-electron chi connectivity index (χ4n) is 4.22. The number of hydrogen-bond donors (Lipinski definition) is 2. The number of aliphatic carboxylic acids is 1. The summed E-state index contributed by atoms with van der Waals surface area (Å²) in [5, 5.41) is 22.5. The molecule has 152 valence electrons. The summed E-state index contributed by atoms with van der Waals surface area (Å²) < 4.78 is 5.41. The molecule has 1 aromatic heterocycles. The van der Waals surface area contributed by atoms with Crippen LogP contribution in [-0.2, 0) is 11.2 Å². The van der Waals surface area contributed by atoms with E-state index in [4.69, 9.17) is 4.74 Å². The molecule has 2 N–H and O–H groups in total. The van der Waals surface area contributed by atoms with Gasteiger partial charge in [0, 0.05) is 16.2 Å². The standard InChI is InChI=1S/C25H23NO4/c1-13-5-7-16(8-6-13)22-15(3)23-20-11-17(30-4)9-10-18(20)25(29)26-24(23)14(2)19(22)12-21(27)28/h5-11H,12H2,1-4H3,(H,26,29)(H,27,28). The van der Waals surface area contributed by atoms with Crippen molar-refractivity contribution in [1.82, 2.24) is 4.98 Å². The van der Waals surface area contributed by atoms with Crippen LogP contribution in [0.3, 0.4) is 0 Å². The minimum absolute atomic E-state index is 0.0768. The number of methoxy groups -OCH3 is 1. The number of rotatable bonds is 4. The monoisotopic (exact) mass is 401 g/mol. The summed E-state index contributed by atoms with van der Waals surface area (Å²) in [6.07, 6.45) is -0.121. The van der Waals surface area contributed by atoms with Gasteiger partial charge in [-0.25, -0.2) is 4.98 Å². The molecule has 0 saturated carbocycles. The summed E-state index contributed by atoms with van der Waals surface area (Å²) >= 11 is 0. The molecule has 0 bridgehead atoms. The van der Waals surface area contributed by atoms with Gasteiger partial charge < -0.3 is 14.9 Å². The third-order valence-electron chi connectivity index (χ3n) is 5.72. The summed E-state index contributed by atoms with van der Waals surface area (Å²) in [6.45, 7) is 5.88. The summed E-state index contributed by atoms with van der Waals surface area (Å²) in [7, 11) is 1.60. The average Bonchev–Trinajstić information content (AvgIpc) is 2.72. The van der Waals surface area contributed by atoms with Crippen LogP contribution in [0.2, 0.25) is 0 Å². The minimum Gasteiger partial charge on any atom is -0.497 e. The lowest BCUT2D eigenvalue weighted by Gasteiger charge is -2.20. The number of carbonyl (C=O) groups is 1. The predicted octanol–water partition coefficient (Wildman–Crippen LogP) is 5.32. The number of aryl methyl sites for hydroxylation is 3. The molecular weight excluding hydrogens is 378 g/mol. The van der Waals surface area contributed by atoms with E-state index in [1.807, 2.05) is 51.1 Å². The maximum absolute atomic E-state index is 11.7. The van der Waals surface area contributed by atoms with Crippen LogP contribution in [0.25, 0.3) is 32.8 Å². The zero-order valence-electron chi connectivity index (χ0n) is 17.4. The molecule has 0 radical (unpaired) electrons. The molecule has 0 aliphatic carbocycles. The molecule has 5 heteroatoms. The average molecular weight is 401 g/mol. The molecule has 0 aliphatic heterocycles. The molecule has 0 saturated heterocycles. The highest BCUT2D eigenvalue weighted by molar-refractivity contribution is 6.13. The molecule has 4 rings (SSSR count). The zero-order chi connectivity index (χ0) is 21.6. The van der Waals surface area contributed by atoms with Crippen LogP contribution >= 0.6 is 0 Å². The molecule has 0 unspecified atom stereocenters. The summed E-state index contributed by atoms with van der Waals surface area (Å²) in [6, 6.07) is 13.6. The van der Waals surface area contributed by atoms with Gasteiger partial charge in [0.1, 0.15) is 5.75 Å². The number of carboxylic acids is 1. The van der Waals surface area contributed by atoms with Crippen molar-refractivity contribution in [2.24, 2.45) is 0 Å². The number of aromatic hydroxyl groups is 1. The van der Waals surface area contributed by atoms with Gasteiger partial charge >= 0.3 is 5.97 Å². The van der Waals surface area contributed by atoms with E-state index in [2.05, 4.69) is 4.98 Å². The van der Waals surface area contributed by atoms with Gasteiger partial charge in [0.2, 0.25) is 5.88 Å². The number of hydrogen-bond acceptors (Lipinski definition) is 4. The molecule has 5 nitrogen and oxygen atoms in total. The van der Waals surface area contributed by atoms with E-state index in [0.29, 0.717) is 22.2 Å². The van der Waals surface area contributed by atoms with Crippen LogP contribution < -0.4 is 4.74 Å². The minimum atomic E-state index is -0.906. The van der Waals surface area contributed by atoms with E-state index in [1.165, 1.54) is 0 Å². The molecule has 0 spiro atoms. The molecule has 3 aromatic carbocycles. The first-order chi connectivity index (χ1) is 14.3. The fourth-order valence-corrected chi connectivity index (χ4v) is 4.22. The van der Waals surface area contributed by atoms with Gasteiger partial charge in [-0.1, -0.05) is 29.8 Å². The Morgan fingerprint density at radius 1 is 1.00 bits per heavy atom. The third kappa shape index (κ3) is 3.12. The van der Waals surface area contributed by atoms with Gasteiger partial charge in [-0.3, -0.25) is 4.79 Å². The zero-order valence-corrected chi connectivity index (χ0v) is 17.4. The predicted molar refractivity (Wildman–Crippen MR) is 118 cm³/mol. The van der Waals surface area contributed by atoms with Crippen molar-refractivity contribution in [3.8, 4) is 22.8 Å². The molecule has 4 aromatic rings. The lowest BCUT2D eigenvalue weighted by atomic mass is 9.85. The number of fused-ring (bicyclic) bond motifs is 3. The number of aromatic nitrogens is 1. The summed E-state index contributed by atoms with van der Waals surface area (Å²) in [5.74, 6) is -0.304. The van der Waals surface area contributed by atoms with E-state index >= 15 is 0 Å².